The predicted octanol–water partition coefficient (Wildman–Crippen LogP) is 5.78. The van der Waals surface area contributed by atoms with Crippen LogP contribution in [0, 0.1) is 5.92 Å². The van der Waals surface area contributed by atoms with Gasteiger partial charge in [0.25, 0.3) is 0 Å². The van der Waals surface area contributed by atoms with Crippen LogP contribution in [-0.2, 0) is 17.5 Å². The lowest BCUT2D eigenvalue weighted by Gasteiger charge is -2.20. The number of carbonyl (C=O) groups is 1. The van der Waals surface area contributed by atoms with E-state index in [0.717, 1.165) is 49.8 Å². The largest absolute Gasteiger partial charge is 0.479 e. The fraction of sp³-hybridized carbons (Fsp3) is 0.333. The van der Waals surface area contributed by atoms with Crippen LogP contribution in [0.15, 0.2) is 42.5 Å². The minimum Gasteiger partial charge on any atom is -0.479 e. The first kappa shape index (κ1) is 23.9. The lowest BCUT2D eigenvalue weighted by Crippen LogP contribution is -2.31. The summed E-state index contributed by atoms with van der Waals surface area (Å²) in [6.07, 6.45) is 0.618. The molecule has 0 spiro atoms. The third kappa shape index (κ3) is 5.64. The summed E-state index contributed by atoms with van der Waals surface area (Å²) in [6, 6.07) is 8.79. The van der Waals surface area contributed by atoms with Crippen LogP contribution in [0.25, 0.3) is 22.8 Å². The van der Waals surface area contributed by atoms with Gasteiger partial charge in [-0.15, -0.1) is 0 Å². The molecule has 1 amide bonds. The van der Waals surface area contributed by atoms with E-state index >= 15 is 0 Å². The zero-order valence-electron chi connectivity index (χ0n) is 18.1. The third-order valence-electron chi connectivity index (χ3n) is 5.81. The summed E-state index contributed by atoms with van der Waals surface area (Å²) in [5, 5.41) is 13.3. The second-order valence-corrected chi connectivity index (χ2v) is 8.63. The third-order valence-corrected chi connectivity index (χ3v) is 6.14. The molecule has 178 valence electrons. The van der Waals surface area contributed by atoms with Crippen LogP contribution in [0.2, 0.25) is 5.02 Å². The van der Waals surface area contributed by atoms with Crippen molar-refractivity contribution in [2.45, 2.75) is 44.8 Å². The molecule has 1 aromatic heterocycles. The molecule has 1 fully saturated rings. The Kier molecular flexibility index (Phi) is 7.02. The highest BCUT2D eigenvalue weighted by atomic mass is 35.5. The summed E-state index contributed by atoms with van der Waals surface area (Å²) in [7, 11) is 0. The zero-order valence-corrected chi connectivity index (χ0v) is 18.8. The second kappa shape index (κ2) is 9.97. The summed E-state index contributed by atoms with van der Waals surface area (Å²) in [4.78, 5) is 24.5. The van der Waals surface area contributed by atoms with Crippen molar-refractivity contribution in [1.82, 2.24) is 20.3 Å². The van der Waals surface area contributed by atoms with E-state index in [1.54, 1.807) is 18.2 Å². The number of hydrogen-bond donors (Lipinski definition) is 2. The minimum atomic E-state index is -4.47. The minimum absolute atomic E-state index is 0.00305. The number of rotatable bonds is 5. The molecule has 1 aliphatic rings. The molecule has 34 heavy (non-hydrogen) atoms. The van der Waals surface area contributed by atoms with Crippen LogP contribution in [0.1, 0.15) is 43.2 Å². The van der Waals surface area contributed by atoms with Gasteiger partial charge in [0, 0.05) is 23.6 Å². The van der Waals surface area contributed by atoms with Crippen molar-refractivity contribution in [3.8, 4) is 28.8 Å². The second-order valence-electron chi connectivity index (χ2n) is 8.22. The number of carbonyl (C=O) groups excluding carboxylic acids is 1. The molecule has 2 N–H and O–H groups in total. The van der Waals surface area contributed by atoms with E-state index in [1.807, 2.05) is 0 Å². The maximum atomic E-state index is 12.9. The summed E-state index contributed by atoms with van der Waals surface area (Å²) < 4.78 is 38.6. The maximum absolute atomic E-state index is 12.9. The Hall–Kier alpha value is -3.20. The molecule has 0 aliphatic heterocycles. The quantitative estimate of drug-likeness (QED) is 0.473. The van der Waals surface area contributed by atoms with Gasteiger partial charge < -0.3 is 10.4 Å². The van der Waals surface area contributed by atoms with Crippen LogP contribution >= 0.6 is 11.6 Å². The Labute approximate surface area is 199 Å². The summed E-state index contributed by atoms with van der Waals surface area (Å²) in [5.74, 6) is 0.127. The SMILES string of the molecule is O=C(NCc1ccc(Cl)c(-c2nc(O)nc(-c3ccc(C(F)(F)F)cc3)n2)c1)C1CCCCC1. The standard InChI is InChI=1S/C24H22ClF3N4O2/c25-19-11-6-14(13-29-22(33)16-4-2-1-3-5-16)12-18(19)21-30-20(31-23(34)32-21)15-7-9-17(10-8-15)24(26,27)28/h6-12,16H,1-5,13H2,(H,29,33)(H,30,31,32,34). The molecule has 1 saturated carbocycles. The van der Waals surface area contributed by atoms with Gasteiger partial charge in [0.2, 0.25) is 5.91 Å². The lowest BCUT2D eigenvalue weighted by atomic mass is 9.88. The molecule has 6 nitrogen and oxygen atoms in total. The molecule has 1 aliphatic carbocycles. The van der Waals surface area contributed by atoms with Gasteiger partial charge in [0.05, 0.1) is 10.6 Å². The van der Waals surface area contributed by atoms with Gasteiger partial charge in [-0.2, -0.15) is 23.1 Å². The fourth-order valence-corrected chi connectivity index (χ4v) is 4.18. The van der Waals surface area contributed by atoms with Gasteiger partial charge in [-0.1, -0.05) is 49.1 Å². The number of amides is 1. The molecular weight excluding hydrogens is 469 g/mol. The van der Waals surface area contributed by atoms with Gasteiger partial charge in [0.15, 0.2) is 11.6 Å². The van der Waals surface area contributed by atoms with Crippen molar-refractivity contribution in [1.29, 1.82) is 0 Å². The van der Waals surface area contributed by atoms with Crippen LogP contribution in [-0.4, -0.2) is 26.0 Å². The van der Waals surface area contributed by atoms with E-state index in [1.165, 1.54) is 12.1 Å². The first-order valence-electron chi connectivity index (χ1n) is 10.9. The van der Waals surface area contributed by atoms with Crippen LogP contribution in [0.3, 0.4) is 0 Å². The number of alkyl halides is 3. The van der Waals surface area contributed by atoms with E-state index in [0.29, 0.717) is 17.1 Å². The van der Waals surface area contributed by atoms with E-state index in [2.05, 4.69) is 20.3 Å². The van der Waals surface area contributed by atoms with E-state index in [9.17, 15) is 23.1 Å². The zero-order chi connectivity index (χ0) is 24.3. The van der Waals surface area contributed by atoms with Crippen LogP contribution < -0.4 is 5.32 Å². The van der Waals surface area contributed by atoms with Gasteiger partial charge in [-0.3, -0.25) is 4.79 Å². The molecule has 0 unspecified atom stereocenters. The van der Waals surface area contributed by atoms with Crippen molar-refractivity contribution < 1.29 is 23.1 Å². The predicted molar refractivity (Wildman–Crippen MR) is 121 cm³/mol. The average Bonchev–Trinajstić information content (AvgIpc) is 2.83. The summed E-state index contributed by atoms with van der Waals surface area (Å²) in [6.45, 7) is 0.294. The molecule has 10 heteroatoms. The Balaban J connectivity index is 1.56. The number of nitrogens with zero attached hydrogens (tertiary/aromatic N) is 3. The first-order chi connectivity index (χ1) is 16.2. The highest BCUT2D eigenvalue weighted by molar-refractivity contribution is 6.33. The van der Waals surface area contributed by atoms with Gasteiger partial charge in [-0.25, -0.2) is 4.98 Å². The molecular formula is C24H22ClF3N4O2. The van der Waals surface area contributed by atoms with Crippen molar-refractivity contribution in [3.63, 3.8) is 0 Å². The topological polar surface area (TPSA) is 88.0 Å². The van der Waals surface area contributed by atoms with Gasteiger partial charge in [-0.05, 0) is 42.7 Å². The number of aromatic nitrogens is 3. The number of nitrogens with one attached hydrogen (secondary N) is 1. The lowest BCUT2D eigenvalue weighted by molar-refractivity contribution is -0.137. The monoisotopic (exact) mass is 490 g/mol. The van der Waals surface area contributed by atoms with Crippen molar-refractivity contribution in [2.24, 2.45) is 5.92 Å². The Morgan fingerprint density at radius 3 is 2.35 bits per heavy atom. The molecule has 0 radical (unpaired) electrons. The number of hydrogen-bond acceptors (Lipinski definition) is 5. The maximum Gasteiger partial charge on any atom is 0.416 e. The molecule has 2 aromatic carbocycles. The van der Waals surface area contributed by atoms with E-state index in [-0.39, 0.29) is 29.0 Å². The van der Waals surface area contributed by atoms with E-state index in [4.69, 9.17) is 11.6 Å². The summed E-state index contributed by atoms with van der Waals surface area (Å²) in [5.41, 5.74) is 0.635. The molecule has 1 heterocycles. The smallest absolute Gasteiger partial charge is 0.416 e. The Bertz CT molecular complexity index is 1180. The Morgan fingerprint density at radius 2 is 1.68 bits per heavy atom. The van der Waals surface area contributed by atoms with Crippen LogP contribution in [0.4, 0.5) is 13.2 Å². The first-order valence-corrected chi connectivity index (χ1v) is 11.3. The molecule has 0 saturated heterocycles. The van der Waals surface area contributed by atoms with Crippen molar-refractivity contribution >= 4 is 17.5 Å². The molecule has 0 atom stereocenters. The van der Waals surface area contributed by atoms with Crippen molar-refractivity contribution in [3.05, 3.63) is 58.6 Å². The molecule has 4 rings (SSSR count). The van der Waals surface area contributed by atoms with E-state index < -0.39 is 17.8 Å². The van der Waals surface area contributed by atoms with Gasteiger partial charge in [0.1, 0.15) is 0 Å². The highest BCUT2D eigenvalue weighted by Gasteiger charge is 2.30. The van der Waals surface area contributed by atoms with Crippen LogP contribution in [0.5, 0.6) is 6.01 Å². The normalized spacial score (nSPS) is 14.7. The fourth-order valence-electron chi connectivity index (χ4n) is 3.97. The highest BCUT2D eigenvalue weighted by Crippen LogP contribution is 2.32. The Morgan fingerprint density at radius 1 is 1.00 bits per heavy atom. The van der Waals surface area contributed by atoms with Gasteiger partial charge >= 0.3 is 12.2 Å². The number of benzene rings is 2. The molecule has 0 bridgehead atoms. The summed E-state index contributed by atoms with van der Waals surface area (Å²) >= 11 is 6.34. The number of aromatic hydroxyl groups is 1. The molecule has 3 aromatic rings. The average molecular weight is 491 g/mol. The number of halogens is 4. The van der Waals surface area contributed by atoms with Crippen molar-refractivity contribution in [2.75, 3.05) is 0 Å².